The Morgan fingerprint density at radius 3 is 2.14 bits per heavy atom. The molecule has 0 unspecified atom stereocenters. The maximum absolute atomic E-state index is 14.2. The van der Waals surface area contributed by atoms with Crippen LogP contribution in [0.15, 0.2) is 61.1 Å². The molecule has 16 heteroatoms. The van der Waals surface area contributed by atoms with Gasteiger partial charge in [-0.05, 0) is 35.4 Å². The van der Waals surface area contributed by atoms with Crippen LogP contribution in [0.4, 0.5) is 48.3 Å². The smallest absolute Gasteiger partial charge is 0.333 e. The van der Waals surface area contributed by atoms with Crippen LogP contribution in [-0.2, 0) is 25.1 Å². The molecule has 0 aliphatic heterocycles. The predicted octanol–water partition coefficient (Wildman–Crippen LogP) is 7.36. The van der Waals surface area contributed by atoms with E-state index < -0.39 is 58.1 Å². The fourth-order valence-corrected chi connectivity index (χ4v) is 4.18. The predicted molar refractivity (Wildman–Crippen MR) is 123 cm³/mol. The van der Waals surface area contributed by atoms with Crippen molar-refractivity contribution in [1.82, 2.24) is 20.1 Å². The molecule has 0 aliphatic rings. The van der Waals surface area contributed by atoms with Crippen molar-refractivity contribution in [3.8, 4) is 22.6 Å². The van der Waals surface area contributed by atoms with Gasteiger partial charge in [-0.2, -0.15) is 39.5 Å². The minimum absolute atomic E-state index is 0.0519. The molecular weight excluding hydrogens is 591 g/mol. The van der Waals surface area contributed by atoms with E-state index in [1.807, 2.05) is 0 Å². The number of aromatic amines is 1. The number of benzene rings is 2. The Kier molecular flexibility index (Phi) is 6.89. The third-order valence-electron chi connectivity index (χ3n) is 6.08. The van der Waals surface area contributed by atoms with Crippen molar-refractivity contribution in [2.24, 2.45) is 0 Å². The molecule has 3 heterocycles. The first-order valence-corrected chi connectivity index (χ1v) is 11.6. The van der Waals surface area contributed by atoms with Crippen LogP contribution in [0.5, 0.6) is 0 Å². The number of aromatic nitrogens is 5. The number of hydrogen-bond donors (Lipinski definition) is 1. The number of pyridine rings is 1. The van der Waals surface area contributed by atoms with E-state index in [0.717, 1.165) is 16.9 Å². The molecule has 0 saturated carbocycles. The van der Waals surface area contributed by atoms with Crippen LogP contribution < -0.4 is 4.68 Å². The molecule has 0 amide bonds. The molecule has 1 N–H and O–H groups in total. The van der Waals surface area contributed by atoms with Crippen molar-refractivity contribution in [1.29, 1.82) is 0 Å². The number of nitrogens with one attached hydrogen (secondary N) is 1. The number of H-pyrrole nitrogens is 1. The van der Waals surface area contributed by atoms with Crippen molar-refractivity contribution >= 4 is 11.0 Å². The first-order chi connectivity index (χ1) is 19.5. The number of fused-ring (bicyclic) bond motifs is 1. The van der Waals surface area contributed by atoms with E-state index in [0.29, 0.717) is 12.1 Å². The minimum atomic E-state index is -5.42. The third-order valence-corrected chi connectivity index (χ3v) is 6.08. The second-order valence-corrected chi connectivity index (χ2v) is 8.95. The SMILES string of the molecule is Fc1cccc(-c2nc3cn[n+](Cc4cnc(-c5ccc(C(F)(F)F)cc5C(F)(F)F)c(C(F)(F)F)c4)cc3[nH]2)c1F. The van der Waals surface area contributed by atoms with Gasteiger partial charge in [0.25, 0.3) is 0 Å². The summed E-state index contributed by atoms with van der Waals surface area (Å²) in [5.41, 5.74) is -7.55. The van der Waals surface area contributed by atoms with Gasteiger partial charge in [-0.3, -0.25) is 4.98 Å². The van der Waals surface area contributed by atoms with Crippen LogP contribution in [0.2, 0.25) is 0 Å². The van der Waals surface area contributed by atoms with Gasteiger partial charge >= 0.3 is 18.5 Å². The second-order valence-electron chi connectivity index (χ2n) is 8.95. The molecule has 0 saturated heterocycles. The lowest BCUT2D eigenvalue weighted by atomic mass is 9.96. The Labute approximate surface area is 227 Å². The average Bonchev–Trinajstić information content (AvgIpc) is 3.31. The Hall–Kier alpha value is -4.63. The van der Waals surface area contributed by atoms with E-state index in [2.05, 4.69) is 20.1 Å². The highest BCUT2D eigenvalue weighted by molar-refractivity contribution is 5.77. The van der Waals surface area contributed by atoms with Gasteiger partial charge in [0.15, 0.2) is 11.6 Å². The number of alkyl halides is 9. The summed E-state index contributed by atoms with van der Waals surface area (Å²) >= 11 is 0. The van der Waals surface area contributed by atoms with Crippen LogP contribution in [0, 0.1) is 11.6 Å². The largest absolute Gasteiger partial charge is 0.418 e. The zero-order valence-corrected chi connectivity index (χ0v) is 20.4. The summed E-state index contributed by atoms with van der Waals surface area (Å²) in [6.45, 7) is -0.381. The van der Waals surface area contributed by atoms with Crippen molar-refractivity contribution in [3.63, 3.8) is 0 Å². The van der Waals surface area contributed by atoms with E-state index in [9.17, 15) is 48.3 Å². The van der Waals surface area contributed by atoms with Crippen LogP contribution in [0.25, 0.3) is 33.7 Å². The van der Waals surface area contributed by atoms with Crippen molar-refractivity contribution in [2.75, 3.05) is 0 Å². The lowest BCUT2D eigenvalue weighted by molar-refractivity contribution is -0.745. The standard InChI is InChI=1S/C26H12F11N5/c27-18-3-1-2-15(21(18)28)23-40-19-9-39-42(11-20(19)41-23)10-12-6-17(26(35,36)37)22(38-8-12)14-5-4-13(24(29,30)31)7-16(14)25(32,33)34/h1-9,11H,10H2/p+1. The number of halogens is 11. The number of imidazole rings is 1. The van der Waals surface area contributed by atoms with Gasteiger partial charge in [0.2, 0.25) is 12.7 Å². The highest BCUT2D eigenvalue weighted by Crippen LogP contribution is 2.44. The summed E-state index contributed by atoms with van der Waals surface area (Å²) in [6, 6.07) is 4.22. The van der Waals surface area contributed by atoms with Gasteiger partial charge < -0.3 is 4.98 Å². The van der Waals surface area contributed by atoms with Gasteiger partial charge in [0.05, 0.1) is 27.9 Å². The maximum Gasteiger partial charge on any atom is 0.418 e. The Bertz CT molecular complexity index is 1800. The molecule has 42 heavy (non-hydrogen) atoms. The van der Waals surface area contributed by atoms with Crippen molar-refractivity contribution < 1.29 is 53.0 Å². The topological polar surface area (TPSA) is 58.3 Å². The third kappa shape index (κ3) is 5.60. The fraction of sp³-hybridized carbons (Fsp3) is 0.154. The summed E-state index contributed by atoms with van der Waals surface area (Å²) in [7, 11) is 0. The summed E-state index contributed by atoms with van der Waals surface area (Å²) in [5, 5.41) is 4.00. The maximum atomic E-state index is 14.2. The molecule has 0 spiro atoms. The van der Waals surface area contributed by atoms with Crippen LogP contribution in [-0.4, -0.2) is 20.1 Å². The Balaban J connectivity index is 1.53. The molecule has 0 atom stereocenters. The zero-order chi connectivity index (χ0) is 30.6. The summed E-state index contributed by atoms with van der Waals surface area (Å²) in [6.07, 6.45) is -12.5. The molecule has 5 rings (SSSR count). The van der Waals surface area contributed by atoms with Crippen LogP contribution in [0.1, 0.15) is 22.3 Å². The van der Waals surface area contributed by atoms with Gasteiger partial charge in [-0.1, -0.05) is 16.8 Å². The van der Waals surface area contributed by atoms with Gasteiger partial charge in [0, 0.05) is 17.3 Å². The monoisotopic (exact) mass is 604 g/mol. The van der Waals surface area contributed by atoms with E-state index in [-0.39, 0.29) is 46.7 Å². The first kappa shape index (κ1) is 28.9. The van der Waals surface area contributed by atoms with E-state index in [1.165, 1.54) is 24.5 Å². The molecule has 0 radical (unpaired) electrons. The molecule has 5 nitrogen and oxygen atoms in total. The van der Waals surface area contributed by atoms with Gasteiger partial charge in [-0.15, -0.1) is 0 Å². The van der Waals surface area contributed by atoms with E-state index in [1.54, 1.807) is 0 Å². The molecule has 3 aromatic heterocycles. The zero-order valence-electron chi connectivity index (χ0n) is 20.4. The van der Waals surface area contributed by atoms with Gasteiger partial charge in [-0.25, -0.2) is 13.8 Å². The highest BCUT2D eigenvalue weighted by Gasteiger charge is 2.41. The molecule has 2 aromatic carbocycles. The van der Waals surface area contributed by atoms with Crippen molar-refractivity contribution in [2.45, 2.75) is 25.1 Å². The molecular formula is C26H13F11N5+. The van der Waals surface area contributed by atoms with Gasteiger partial charge in [0.1, 0.15) is 23.1 Å². The summed E-state index contributed by atoms with van der Waals surface area (Å²) < 4.78 is 151. The average molecular weight is 604 g/mol. The molecule has 5 aromatic rings. The quantitative estimate of drug-likeness (QED) is 0.172. The lowest BCUT2D eigenvalue weighted by Crippen LogP contribution is -2.38. The number of nitrogens with zero attached hydrogens (tertiary/aromatic N) is 4. The van der Waals surface area contributed by atoms with E-state index >= 15 is 0 Å². The number of rotatable bonds is 4. The summed E-state index contributed by atoms with van der Waals surface area (Å²) in [5.74, 6) is -2.33. The number of hydrogen-bond acceptors (Lipinski definition) is 3. The molecule has 0 fully saturated rings. The minimum Gasteiger partial charge on any atom is -0.333 e. The second kappa shape index (κ2) is 10.0. The summed E-state index contributed by atoms with van der Waals surface area (Å²) in [4.78, 5) is 10.4. The first-order valence-electron chi connectivity index (χ1n) is 11.6. The van der Waals surface area contributed by atoms with Crippen LogP contribution in [0.3, 0.4) is 0 Å². The van der Waals surface area contributed by atoms with Crippen LogP contribution >= 0.6 is 0 Å². The highest BCUT2D eigenvalue weighted by atomic mass is 19.4. The van der Waals surface area contributed by atoms with E-state index in [4.69, 9.17) is 0 Å². The lowest BCUT2D eigenvalue weighted by Gasteiger charge is -2.18. The molecule has 0 aliphatic carbocycles. The Morgan fingerprint density at radius 1 is 0.762 bits per heavy atom. The van der Waals surface area contributed by atoms with Crippen molar-refractivity contribution in [3.05, 3.63) is 94.9 Å². The molecule has 0 bridgehead atoms. The normalized spacial score (nSPS) is 12.7. The fourth-order valence-electron chi connectivity index (χ4n) is 4.18. The molecule has 218 valence electrons. The Morgan fingerprint density at radius 2 is 1.48 bits per heavy atom.